The molecule has 2 saturated carbocycles. The maximum absolute atomic E-state index is 13.3. The highest BCUT2D eigenvalue weighted by atomic mass is 32.2. The predicted molar refractivity (Wildman–Crippen MR) is 165 cm³/mol. The number of rotatable bonds is 12. The van der Waals surface area contributed by atoms with Crippen LogP contribution >= 0.6 is 0 Å². The van der Waals surface area contributed by atoms with E-state index in [1.165, 1.54) is 0 Å². The third kappa shape index (κ3) is 7.48. The smallest absolute Gasteiger partial charge is 0.297 e. The van der Waals surface area contributed by atoms with Crippen molar-refractivity contribution in [2.75, 3.05) is 20.0 Å². The van der Waals surface area contributed by atoms with E-state index in [2.05, 4.69) is 60.4 Å². The third-order valence-electron chi connectivity index (χ3n) is 9.76. The zero-order valence-corrected chi connectivity index (χ0v) is 29.3. The monoisotopic (exact) mass is 614 g/mol. The highest BCUT2D eigenvalue weighted by molar-refractivity contribution is 7.86. The topological polar surface area (TPSA) is 91.3 Å². The van der Waals surface area contributed by atoms with Gasteiger partial charge in [-0.05, 0) is 74.3 Å². The van der Waals surface area contributed by atoms with Crippen LogP contribution in [0.2, 0.25) is 43.8 Å². The van der Waals surface area contributed by atoms with Gasteiger partial charge in [-0.3, -0.25) is 4.18 Å². The Balaban J connectivity index is 1.90. The molecule has 10 heteroatoms. The molecule has 7 nitrogen and oxygen atoms in total. The summed E-state index contributed by atoms with van der Waals surface area (Å²) in [5, 5.41) is 11.6. The molecule has 3 rings (SSSR count). The first kappa shape index (κ1) is 33.9. The summed E-state index contributed by atoms with van der Waals surface area (Å²) in [5.41, 5.74) is -0.550. The Labute approximate surface area is 245 Å². The highest BCUT2D eigenvalue weighted by Crippen LogP contribution is 2.59. The maximum atomic E-state index is 13.3. The molecule has 0 bridgehead atoms. The van der Waals surface area contributed by atoms with Crippen LogP contribution < -0.4 is 0 Å². The number of hydrogen-bond acceptors (Lipinski definition) is 7. The van der Waals surface area contributed by atoms with Gasteiger partial charge in [0, 0.05) is 20.6 Å². The fourth-order valence-electron chi connectivity index (χ4n) is 5.96. The zero-order chi connectivity index (χ0) is 30.2. The van der Waals surface area contributed by atoms with Crippen molar-refractivity contribution in [3.05, 3.63) is 29.8 Å². The number of fused-ring (bicyclic) bond motifs is 1. The Kier molecular flexibility index (Phi) is 10.3. The molecule has 1 aromatic carbocycles. The predicted octanol–water partition coefficient (Wildman–Crippen LogP) is 6.73. The van der Waals surface area contributed by atoms with Crippen LogP contribution in [-0.4, -0.2) is 67.7 Å². The fourth-order valence-corrected chi connectivity index (χ4v) is 9.11. The maximum Gasteiger partial charge on any atom is 0.297 e. The SMILES string of the molecule is Cc1ccc(S(=O)(=O)OC[C@]2(OCOCC[Si](C)(C)C)[C@H](O)CC[C@@]3(C)[C@H](O[Si](C)(C)C(C)(C)C)CC[C@@H]32)cc1. The molecule has 1 aromatic rings. The standard InChI is InChI=1S/C30H54O7SSi2/c1-23-11-13-24(14-12-23)38(32,33)36-21-30(35-22-34-19-20-39(6,7)8)25-15-16-27(29(25,5)18-17-26(30)31)37-40(9,10)28(2,3)4/h11-14,25-27,31H,15-22H2,1-10H3/t25-,26+,27+,29+,30+/m0/s1. The summed E-state index contributed by atoms with van der Waals surface area (Å²) in [7, 11) is -7.40. The van der Waals surface area contributed by atoms with Crippen molar-refractivity contribution >= 4 is 26.5 Å². The molecule has 2 aliphatic rings. The molecule has 5 atom stereocenters. The van der Waals surface area contributed by atoms with Crippen LogP contribution in [0.5, 0.6) is 0 Å². The highest BCUT2D eigenvalue weighted by Gasteiger charge is 2.63. The number of aliphatic hydroxyl groups is 1. The quantitative estimate of drug-likeness (QED) is 0.121. The van der Waals surface area contributed by atoms with Gasteiger partial charge >= 0.3 is 0 Å². The number of aliphatic hydroxyl groups excluding tert-OH is 1. The van der Waals surface area contributed by atoms with E-state index in [1.54, 1.807) is 24.3 Å². The summed E-state index contributed by atoms with van der Waals surface area (Å²) in [6.45, 7) is 22.6. The van der Waals surface area contributed by atoms with Crippen molar-refractivity contribution in [1.82, 2.24) is 0 Å². The van der Waals surface area contributed by atoms with Crippen molar-refractivity contribution in [2.45, 2.75) is 127 Å². The average molecular weight is 615 g/mol. The molecule has 0 aromatic heterocycles. The number of aryl methyl sites for hydroxylation is 1. The van der Waals surface area contributed by atoms with E-state index in [0.717, 1.165) is 30.9 Å². The second kappa shape index (κ2) is 12.2. The molecule has 0 radical (unpaired) electrons. The summed E-state index contributed by atoms with van der Waals surface area (Å²) >= 11 is 0. The van der Waals surface area contributed by atoms with Gasteiger partial charge in [-0.25, -0.2) is 0 Å². The second-order valence-electron chi connectivity index (χ2n) is 15.0. The summed E-state index contributed by atoms with van der Waals surface area (Å²) < 4.78 is 51.6. The molecule has 0 aliphatic heterocycles. The van der Waals surface area contributed by atoms with Crippen LogP contribution in [0.25, 0.3) is 0 Å². The molecular weight excluding hydrogens is 561 g/mol. The second-order valence-corrected chi connectivity index (χ2v) is 27.0. The van der Waals surface area contributed by atoms with Crippen LogP contribution in [0.15, 0.2) is 29.2 Å². The fraction of sp³-hybridized carbons (Fsp3) is 0.800. The van der Waals surface area contributed by atoms with Crippen LogP contribution in [0, 0.1) is 18.3 Å². The van der Waals surface area contributed by atoms with Gasteiger partial charge in [-0.2, -0.15) is 8.42 Å². The summed E-state index contributed by atoms with van der Waals surface area (Å²) in [5.74, 6) is -0.146. The minimum absolute atomic E-state index is 0.00961. The van der Waals surface area contributed by atoms with Gasteiger partial charge in [0.2, 0.25) is 0 Å². The van der Waals surface area contributed by atoms with E-state index in [9.17, 15) is 13.5 Å². The molecular formula is C30H54O7SSi2. The number of benzene rings is 1. The van der Waals surface area contributed by atoms with Crippen molar-refractivity contribution in [1.29, 1.82) is 0 Å². The first-order valence-electron chi connectivity index (χ1n) is 14.8. The molecule has 0 unspecified atom stereocenters. The molecule has 2 fully saturated rings. The lowest BCUT2D eigenvalue weighted by Gasteiger charge is -2.54. The van der Waals surface area contributed by atoms with Crippen LogP contribution in [0.4, 0.5) is 0 Å². The lowest BCUT2D eigenvalue weighted by atomic mass is 9.60. The van der Waals surface area contributed by atoms with Crippen molar-refractivity contribution in [2.24, 2.45) is 11.3 Å². The van der Waals surface area contributed by atoms with E-state index in [-0.39, 0.29) is 40.8 Å². The number of ether oxygens (including phenoxy) is 2. The van der Waals surface area contributed by atoms with E-state index in [0.29, 0.717) is 13.0 Å². The largest absolute Gasteiger partial charge is 0.413 e. The van der Waals surface area contributed by atoms with Crippen LogP contribution in [0.1, 0.15) is 58.9 Å². The van der Waals surface area contributed by atoms with Gasteiger partial charge in [-0.1, -0.05) is 65.0 Å². The van der Waals surface area contributed by atoms with Crippen molar-refractivity contribution in [3.8, 4) is 0 Å². The summed E-state index contributed by atoms with van der Waals surface area (Å²) in [4.78, 5) is 0.0956. The Bertz CT molecular complexity index is 1090. The molecule has 0 saturated heterocycles. The molecule has 40 heavy (non-hydrogen) atoms. The first-order valence-corrected chi connectivity index (χ1v) is 22.8. The number of hydrogen-bond donors (Lipinski definition) is 1. The van der Waals surface area contributed by atoms with E-state index in [1.807, 2.05) is 6.92 Å². The zero-order valence-electron chi connectivity index (χ0n) is 26.5. The van der Waals surface area contributed by atoms with Crippen LogP contribution in [-0.2, 0) is 28.2 Å². The Morgan fingerprint density at radius 1 is 1.02 bits per heavy atom. The molecule has 0 heterocycles. The summed E-state index contributed by atoms with van der Waals surface area (Å²) in [6.07, 6.45) is 1.99. The Morgan fingerprint density at radius 2 is 1.65 bits per heavy atom. The molecule has 230 valence electrons. The molecule has 2 aliphatic carbocycles. The van der Waals surface area contributed by atoms with E-state index < -0.39 is 38.2 Å². The minimum Gasteiger partial charge on any atom is -0.413 e. The van der Waals surface area contributed by atoms with Gasteiger partial charge in [0.1, 0.15) is 12.4 Å². The Hall–Kier alpha value is -0.596. The van der Waals surface area contributed by atoms with Crippen molar-refractivity contribution < 1.29 is 31.6 Å². The average Bonchev–Trinajstić information content (AvgIpc) is 3.14. The van der Waals surface area contributed by atoms with Crippen LogP contribution in [0.3, 0.4) is 0 Å². The third-order valence-corrected chi connectivity index (χ3v) is 17.2. The molecule has 1 N–H and O–H groups in total. The Morgan fingerprint density at radius 3 is 2.23 bits per heavy atom. The lowest BCUT2D eigenvalue weighted by molar-refractivity contribution is -0.253. The van der Waals surface area contributed by atoms with Gasteiger partial charge < -0.3 is 19.0 Å². The normalized spacial score (nSPS) is 29.9. The van der Waals surface area contributed by atoms with Gasteiger partial charge in [-0.15, -0.1) is 0 Å². The lowest BCUT2D eigenvalue weighted by Crippen LogP contribution is -2.63. The van der Waals surface area contributed by atoms with E-state index in [4.69, 9.17) is 18.1 Å². The van der Waals surface area contributed by atoms with E-state index >= 15 is 0 Å². The minimum atomic E-state index is -4.05. The first-order chi connectivity index (χ1) is 18.2. The van der Waals surface area contributed by atoms with Gasteiger partial charge in [0.05, 0.1) is 23.7 Å². The summed E-state index contributed by atoms with van der Waals surface area (Å²) in [6, 6.07) is 7.60. The van der Waals surface area contributed by atoms with Crippen molar-refractivity contribution in [3.63, 3.8) is 0 Å². The molecule has 0 amide bonds. The molecule has 0 spiro atoms. The van der Waals surface area contributed by atoms with Gasteiger partial charge in [0.15, 0.2) is 8.32 Å². The van der Waals surface area contributed by atoms with Gasteiger partial charge in [0.25, 0.3) is 10.1 Å².